The molecule has 0 bridgehead atoms. The minimum absolute atomic E-state index is 0.0259. The Hall–Kier alpha value is -3.11. The summed E-state index contributed by atoms with van der Waals surface area (Å²) in [4.78, 5) is 28.9. The molecule has 2 atom stereocenters. The minimum Gasteiger partial charge on any atom is -0.352 e. The highest BCUT2D eigenvalue weighted by Crippen LogP contribution is 2.18. The second-order valence-corrected chi connectivity index (χ2v) is 9.27. The van der Waals surface area contributed by atoms with Gasteiger partial charge in [0.05, 0.1) is 6.42 Å². The molecule has 0 spiro atoms. The van der Waals surface area contributed by atoms with Gasteiger partial charge < -0.3 is 10.2 Å². The molecule has 3 rings (SSSR count). The van der Waals surface area contributed by atoms with Crippen LogP contribution in [0.25, 0.3) is 0 Å². The first-order valence-electron chi connectivity index (χ1n) is 11.8. The molecule has 4 nitrogen and oxygen atoms in total. The zero-order valence-electron chi connectivity index (χ0n) is 20.1. The molecule has 3 aromatic carbocycles. The number of aryl methyl sites for hydroxylation is 1. The molecule has 0 unspecified atom stereocenters. The van der Waals surface area contributed by atoms with Crippen LogP contribution in [0, 0.1) is 6.92 Å². The standard InChI is InChI=1S/C29H33ClN2O2/c1-4-22(3)31-29(34)27(18-23-10-6-5-7-11-23)32(20-25-12-8-9-21(2)17-25)28(33)19-24-13-15-26(30)16-14-24/h5-17,22,27H,4,18-20H2,1-3H3,(H,31,34)/t22-,27+/m1/s1. The summed E-state index contributed by atoms with van der Waals surface area (Å²) in [6, 6.07) is 24.6. The number of nitrogens with one attached hydrogen (secondary N) is 1. The quantitative estimate of drug-likeness (QED) is 0.405. The van der Waals surface area contributed by atoms with Gasteiger partial charge in [0, 0.05) is 24.0 Å². The Kier molecular flexibility index (Phi) is 9.29. The summed E-state index contributed by atoms with van der Waals surface area (Å²) in [7, 11) is 0. The third-order valence-corrected chi connectivity index (χ3v) is 6.23. The fourth-order valence-electron chi connectivity index (χ4n) is 3.88. The summed E-state index contributed by atoms with van der Waals surface area (Å²) in [6.07, 6.45) is 1.46. The van der Waals surface area contributed by atoms with Crippen LogP contribution in [0.2, 0.25) is 5.02 Å². The van der Waals surface area contributed by atoms with Crippen LogP contribution in [0.15, 0.2) is 78.9 Å². The highest BCUT2D eigenvalue weighted by Gasteiger charge is 2.31. The van der Waals surface area contributed by atoms with Crippen molar-refractivity contribution in [1.29, 1.82) is 0 Å². The van der Waals surface area contributed by atoms with Crippen LogP contribution in [-0.2, 0) is 29.0 Å². The number of nitrogens with zero attached hydrogens (tertiary/aromatic N) is 1. The molecule has 0 radical (unpaired) electrons. The second-order valence-electron chi connectivity index (χ2n) is 8.84. The predicted molar refractivity (Wildman–Crippen MR) is 139 cm³/mol. The normalized spacial score (nSPS) is 12.6. The first kappa shape index (κ1) is 25.5. The van der Waals surface area contributed by atoms with Crippen LogP contribution in [-0.4, -0.2) is 28.8 Å². The average molecular weight is 477 g/mol. The van der Waals surface area contributed by atoms with Crippen molar-refractivity contribution in [2.45, 2.75) is 58.7 Å². The molecule has 2 amide bonds. The minimum atomic E-state index is -0.628. The van der Waals surface area contributed by atoms with Gasteiger partial charge >= 0.3 is 0 Å². The van der Waals surface area contributed by atoms with Crippen LogP contribution in [0.1, 0.15) is 42.5 Å². The lowest BCUT2D eigenvalue weighted by Crippen LogP contribution is -2.52. The van der Waals surface area contributed by atoms with Gasteiger partial charge in [0.15, 0.2) is 0 Å². The molecular formula is C29H33ClN2O2. The van der Waals surface area contributed by atoms with Crippen molar-refractivity contribution < 1.29 is 9.59 Å². The Morgan fingerprint density at radius 2 is 1.59 bits per heavy atom. The number of carbonyl (C=O) groups excluding carboxylic acids is 2. The summed E-state index contributed by atoms with van der Waals surface area (Å²) < 4.78 is 0. The van der Waals surface area contributed by atoms with Gasteiger partial charge in [0.25, 0.3) is 0 Å². The third-order valence-electron chi connectivity index (χ3n) is 5.98. The zero-order chi connectivity index (χ0) is 24.5. The predicted octanol–water partition coefficient (Wildman–Crippen LogP) is 5.75. The number of rotatable bonds is 10. The maximum atomic E-state index is 13.7. The fourth-order valence-corrected chi connectivity index (χ4v) is 4.01. The molecule has 0 saturated carbocycles. The Bertz CT molecular complexity index is 1080. The average Bonchev–Trinajstić information content (AvgIpc) is 2.83. The molecule has 0 aliphatic heterocycles. The van der Waals surface area contributed by atoms with Crippen molar-refractivity contribution in [2.24, 2.45) is 0 Å². The van der Waals surface area contributed by atoms with E-state index in [0.717, 1.165) is 28.7 Å². The maximum Gasteiger partial charge on any atom is 0.243 e. The first-order valence-corrected chi connectivity index (χ1v) is 12.2. The van der Waals surface area contributed by atoms with E-state index in [1.807, 2.05) is 81.4 Å². The SMILES string of the molecule is CC[C@@H](C)NC(=O)[C@H](Cc1ccccc1)N(Cc1cccc(C)c1)C(=O)Cc1ccc(Cl)cc1. The lowest BCUT2D eigenvalue weighted by molar-refractivity contribution is -0.141. The summed E-state index contributed by atoms with van der Waals surface area (Å²) in [6.45, 7) is 6.41. The highest BCUT2D eigenvalue weighted by atomic mass is 35.5. The number of carbonyl (C=O) groups is 2. The van der Waals surface area contributed by atoms with Gasteiger partial charge in [-0.3, -0.25) is 9.59 Å². The van der Waals surface area contributed by atoms with Crippen LogP contribution >= 0.6 is 11.6 Å². The Morgan fingerprint density at radius 3 is 2.24 bits per heavy atom. The number of hydrogen-bond donors (Lipinski definition) is 1. The summed E-state index contributed by atoms with van der Waals surface area (Å²) in [5.74, 6) is -0.223. The van der Waals surface area contributed by atoms with Crippen molar-refractivity contribution in [1.82, 2.24) is 10.2 Å². The van der Waals surface area contributed by atoms with Gasteiger partial charge in [-0.15, -0.1) is 0 Å². The Labute approximate surface area is 207 Å². The van der Waals surface area contributed by atoms with E-state index >= 15 is 0 Å². The van der Waals surface area contributed by atoms with Gasteiger partial charge in [-0.1, -0.05) is 90.8 Å². The van der Waals surface area contributed by atoms with Crippen molar-refractivity contribution >= 4 is 23.4 Å². The number of amides is 2. The van der Waals surface area contributed by atoms with E-state index in [1.165, 1.54) is 0 Å². The molecule has 0 aromatic heterocycles. The lowest BCUT2D eigenvalue weighted by Gasteiger charge is -2.32. The largest absolute Gasteiger partial charge is 0.352 e. The smallest absolute Gasteiger partial charge is 0.243 e. The lowest BCUT2D eigenvalue weighted by atomic mass is 10.0. The monoisotopic (exact) mass is 476 g/mol. The van der Waals surface area contributed by atoms with Gasteiger partial charge in [0.2, 0.25) is 11.8 Å². The molecule has 0 aliphatic carbocycles. The van der Waals surface area contributed by atoms with Crippen LogP contribution in [0.4, 0.5) is 0 Å². The van der Waals surface area contributed by atoms with E-state index < -0.39 is 6.04 Å². The second kappa shape index (κ2) is 12.4. The van der Waals surface area contributed by atoms with Gasteiger partial charge in [-0.2, -0.15) is 0 Å². The number of halogens is 1. The zero-order valence-corrected chi connectivity index (χ0v) is 20.9. The molecule has 0 aliphatic rings. The molecule has 3 aromatic rings. The van der Waals surface area contributed by atoms with E-state index in [0.29, 0.717) is 18.0 Å². The first-order chi connectivity index (χ1) is 16.4. The molecule has 0 saturated heterocycles. The Balaban J connectivity index is 1.96. The molecule has 1 N–H and O–H groups in total. The fraction of sp³-hybridized carbons (Fsp3) is 0.310. The molecule has 34 heavy (non-hydrogen) atoms. The van der Waals surface area contributed by atoms with E-state index in [9.17, 15) is 9.59 Å². The molecule has 5 heteroatoms. The van der Waals surface area contributed by atoms with Crippen molar-refractivity contribution in [3.8, 4) is 0 Å². The maximum absolute atomic E-state index is 13.7. The van der Waals surface area contributed by atoms with Crippen molar-refractivity contribution in [3.05, 3.63) is 106 Å². The number of hydrogen-bond acceptors (Lipinski definition) is 2. The van der Waals surface area contributed by atoms with Crippen LogP contribution in [0.5, 0.6) is 0 Å². The molecule has 0 fully saturated rings. The van der Waals surface area contributed by atoms with Crippen molar-refractivity contribution in [3.63, 3.8) is 0 Å². The van der Waals surface area contributed by atoms with Crippen molar-refractivity contribution in [2.75, 3.05) is 0 Å². The van der Waals surface area contributed by atoms with Crippen LogP contribution < -0.4 is 5.32 Å². The van der Waals surface area contributed by atoms with Gasteiger partial charge in [-0.25, -0.2) is 0 Å². The topological polar surface area (TPSA) is 49.4 Å². The van der Waals surface area contributed by atoms with E-state index in [2.05, 4.69) is 11.4 Å². The number of benzene rings is 3. The summed E-state index contributed by atoms with van der Waals surface area (Å²) in [5, 5.41) is 3.73. The van der Waals surface area contributed by atoms with Gasteiger partial charge in [0.1, 0.15) is 6.04 Å². The molecule has 178 valence electrons. The van der Waals surface area contributed by atoms with E-state index in [4.69, 9.17) is 11.6 Å². The summed E-state index contributed by atoms with van der Waals surface area (Å²) >= 11 is 6.03. The molecule has 0 heterocycles. The molecular weight excluding hydrogens is 444 g/mol. The van der Waals surface area contributed by atoms with E-state index in [-0.39, 0.29) is 24.3 Å². The highest BCUT2D eigenvalue weighted by molar-refractivity contribution is 6.30. The van der Waals surface area contributed by atoms with E-state index in [1.54, 1.807) is 17.0 Å². The Morgan fingerprint density at radius 1 is 0.912 bits per heavy atom. The summed E-state index contributed by atoms with van der Waals surface area (Å²) in [5.41, 5.74) is 4.00. The van der Waals surface area contributed by atoms with Gasteiger partial charge in [-0.05, 0) is 49.1 Å². The third kappa shape index (κ3) is 7.46. The van der Waals surface area contributed by atoms with Crippen LogP contribution in [0.3, 0.4) is 0 Å².